The summed E-state index contributed by atoms with van der Waals surface area (Å²) in [4.78, 5) is 11.3. The summed E-state index contributed by atoms with van der Waals surface area (Å²) in [5.74, 6) is 0.0896. The van der Waals surface area contributed by atoms with Crippen molar-refractivity contribution in [3.63, 3.8) is 0 Å². The van der Waals surface area contributed by atoms with Gasteiger partial charge >= 0.3 is 0 Å². The Morgan fingerprint density at radius 3 is 2.81 bits per heavy atom. The SMILES string of the molecule is N=COC(=N)CCc1ccc(N/C=C/C2=C(C(C=NCCN3CCOCC3)=CN)CC=CN=C2)cc1. The number of nitrogens with two attached hydrogens (primary N) is 1. The molecule has 1 fully saturated rings. The summed E-state index contributed by atoms with van der Waals surface area (Å²) >= 11 is 0. The first-order valence-electron chi connectivity index (χ1n) is 12.1. The zero-order valence-electron chi connectivity index (χ0n) is 20.5. The Labute approximate surface area is 212 Å². The van der Waals surface area contributed by atoms with Gasteiger partial charge in [0.1, 0.15) is 0 Å². The van der Waals surface area contributed by atoms with Crippen molar-refractivity contribution in [2.45, 2.75) is 19.3 Å². The fraction of sp³-hybridized carbons (Fsp3) is 0.333. The molecule has 1 aromatic rings. The zero-order chi connectivity index (χ0) is 25.4. The molecule has 190 valence electrons. The normalized spacial score (nSPS) is 17.1. The molecule has 0 spiro atoms. The third-order valence-electron chi connectivity index (χ3n) is 5.79. The number of morpholine rings is 1. The van der Waals surface area contributed by atoms with Gasteiger partial charge in [0.2, 0.25) is 0 Å². The van der Waals surface area contributed by atoms with E-state index in [-0.39, 0.29) is 5.90 Å². The van der Waals surface area contributed by atoms with E-state index in [1.165, 1.54) is 0 Å². The molecule has 0 saturated carbocycles. The van der Waals surface area contributed by atoms with Crippen molar-refractivity contribution in [3.8, 4) is 0 Å². The number of hydrogen-bond donors (Lipinski definition) is 4. The second-order valence-corrected chi connectivity index (χ2v) is 8.25. The van der Waals surface area contributed by atoms with E-state index in [9.17, 15) is 0 Å². The van der Waals surface area contributed by atoms with Gasteiger partial charge in [-0.15, -0.1) is 0 Å². The highest BCUT2D eigenvalue weighted by molar-refractivity contribution is 5.92. The lowest BCUT2D eigenvalue weighted by atomic mass is 9.98. The summed E-state index contributed by atoms with van der Waals surface area (Å²) in [5.41, 5.74) is 10.9. The van der Waals surface area contributed by atoms with E-state index in [0.29, 0.717) is 25.8 Å². The summed E-state index contributed by atoms with van der Waals surface area (Å²) in [5, 5.41) is 17.8. The van der Waals surface area contributed by atoms with E-state index in [4.69, 9.17) is 26.0 Å². The third kappa shape index (κ3) is 9.09. The van der Waals surface area contributed by atoms with Gasteiger partial charge in [0.25, 0.3) is 0 Å². The Morgan fingerprint density at radius 1 is 1.25 bits per heavy atom. The summed E-state index contributed by atoms with van der Waals surface area (Å²) in [6.07, 6.45) is 15.6. The van der Waals surface area contributed by atoms with E-state index >= 15 is 0 Å². The summed E-state index contributed by atoms with van der Waals surface area (Å²) in [6, 6.07) is 8.01. The van der Waals surface area contributed by atoms with Gasteiger partial charge in [-0.3, -0.25) is 25.7 Å². The van der Waals surface area contributed by atoms with E-state index < -0.39 is 0 Å². The highest BCUT2D eigenvalue weighted by atomic mass is 16.5. The molecule has 0 aromatic heterocycles. The second kappa shape index (κ2) is 15.2. The summed E-state index contributed by atoms with van der Waals surface area (Å²) < 4.78 is 10.1. The second-order valence-electron chi connectivity index (χ2n) is 8.25. The Kier molecular flexibility index (Phi) is 11.3. The molecule has 9 heteroatoms. The van der Waals surface area contributed by atoms with Gasteiger partial charge in [0.05, 0.1) is 19.8 Å². The lowest BCUT2D eigenvalue weighted by Crippen LogP contribution is -2.37. The van der Waals surface area contributed by atoms with Gasteiger partial charge in [-0.1, -0.05) is 18.2 Å². The Balaban J connectivity index is 1.59. The molecule has 1 aromatic carbocycles. The maximum atomic E-state index is 7.59. The topological polar surface area (TPSA) is 132 Å². The van der Waals surface area contributed by atoms with Crippen molar-refractivity contribution in [3.05, 3.63) is 77.3 Å². The van der Waals surface area contributed by atoms with Crippen LogP contribution in [0.25, 0.3) is 0 Å². The van der Waals surface area contributed by atoms with Gasteiger partial charge in [-0.25, -0.2) is 0 Å². The van der Waals surface area contributed by atoms with Crippen LogP contribution < -0.4 is 11.1 Å². The minimum Gasteiger partial charge on any atom is -0.433 e. The van der Waals surface area contributed by atoms with E-state index in [0.717, 1.165) is 67.2 Å². The van der Waals surface area contributed by atoms with Crippen LogP contribution in [0.5, 0.6) is 0 Å². The quantitative estimate of drug-likeness (QED) is 0.263. The number of rotatable bonds is 12. The number of nitrogens with one attached hydrogen (secondary N) is 3. The molecule has 0 atom stereocenters. The minimum atomic E-state index is 0.0896. The van der Waals surface area contributed by atoms with Crippen molar-refractivity contribution in [1.82, 2.24) is 4.90 Å². The number of aliphatic imine (C=N–C) groups is 2. The van der Waals surface area contributed by atoms with Gasteiger partial charge in [-0.05, 0) is 47.8 Å². The number of hydrogen-bond acceptors (Lipinski definition) is 9. The van der Waals surface area contributed by atoms with Gasteiger partial charge in [-0.2, -0.15) is 0 Å². The molecular formula is C27H35N7O2. The summed E-state index contributed by atoms with van der Waals surface area (Å²) in [7, 11) is 0. The van der Waals surface area contributed by atoms with Crippen LogP contribution in [0.3, 0.4) is 0 Å². The molecule has 0 amide bonds. The van der Waals surface area contributed by atoms with Crippen LogP contribution in [0.1, 0.15) is 18.4 Å². The van der Waals surface area contributed by atoms with Crippen molar-refractivity contribution < 1.29 is 9.47 Å². The first-order valence-corrected chi connectivity index (χ1v) is 12.1. The smallest absolute Gasteiger partial charge is 0.189 e. The van der Waals surface area contributed by atoms with Crippen LogP contribution in [-0.2, 0) is 15.9 Å². The Morgan fingerprint density at radius 2 is 2.06 bits per heavy atom. The van der Waals surface area contributed by atoms with E-state index in [2.05, 4.69) is 20.2 Å². The van der Waals surface area contributed by atoms with Crippen LogP contribution in [0.4, 0.5) is 5.69 Å². The molecule has 2 aliphatic rings. The molecule has 36 heavy (non-hydrogen) atoms. The fourth-order valence-corrected chi connectivity index (χ4v) is 3.77. The minimum absolute atomic E-state index is 0.0896. The monoisotopic (exact) mass is 489 g/mol. The Hall–Kier alpha value is -3.82. The maximum absolute atomic E-state index is 7.59. The predicted octanol–water partition coefficient (Wildman–Crippen LogP) is 3.68. The molecule has 2 heterocycles. The van der Waals surface area contributed by atoms with Crippen molar-refractivity contribution in [2.24, 2.45) is 15.7 Å². The first-order chi connectivity index (χ1) is 17.7. The molecule has 0 aliphatic carbocycles. The number of anilines is 1. The molecule has 0 bridgehead atoms. The Bertz CT molecular complexity index is 1050. The average Bonchev–Trinajstić information content (AvgIpc) is 3.15. The van der Waals surface area contributed by atoms with Gasteiger partial charge < -0.3 is 20.5 Å². The third-order valence-corrected chi connectivity index (χ3v) is 5.79. The molecule has 5 N–H and O–H groups in total. The van der Waals surface area contributed by atoms with Crippen LogP contribution in [0.2, 0.25) is 0 Å². The van der Waals surface area contributed by atoms with Gasteiger partial charge in [0, 0.05) is 68.3 Å². The molecule has 0 radical (unpaired) electrons. The first kappa shape index (κ1) is 26.8. The molecule has 2 aliphatic heterocycles. The zero-order valence-corrected chi connectivity index (χ0v) is 20.5. The predicted molar refractivity (Wildman–Crippen MR) is 147 cm³/mol. The van der Waals surface area contributed by atoms with Crippen molar-refractivity contribution in [2.75, 3.05) is 44.7 Å². The highest BCUT2D eigenvalue weighted by Crippen LogP contribution is 2.20. The van der Waals surface area contributed by atoms with Gasteiger partial charge in [0.15, 0.2) is 12.3 Å². The number of benzene rings is 1. The van der Waals surface area contributed by atoms with Crippen molar-refractivity contribution >= 4 is 30.4 Å². The number of aryl methyl sites for hydroxylation is 1. The lowest BCUT2D eigenvalue weighted by Gasteiger charge is -2.25. The van der Waals surface area contributed by atoms with Crippen molar-refractivity contribution in [1.29, 1.82) is 10.8 Å². The maximum Gasteiger partial charge on any atom is 0.189 e. The molecule has 3 rings (SSSR count). The lowest BCUT2D eigenvalue weighted by molar-refractivity contribution is 0.0395. The molecular weight excluding hydrogens is 454 g/mol. The van der Waals surface area contributed by atoms with E-state index in [1.807, 2.05) is 55.0 Å². The van der Waals surface area contributed by atoms with Crippen LogP contribution in [0, 0.1) is 10.8 Å². The molecule has 9 nitrogen and oxygen atoms in total. The van der Waals surface area contributed by atoms with Crippen LogP contribution in [0.15, 0.2) is 81.7 Å². The summed E-state index contributed by atoms with van der Waals surface area (Å²) in [6.45, 7) is 5.12. The standard InChI is InChI=1S/C27H35N7O2/c28-18-24(20-32-12-13-34-14-16-35-17-15-34)26-2-1-10-31-19-23(26)9-11-33-25-6-3-22(4-7-25)5-8-27(30)36-21-29/h1,3-4,6-7,9-11,18-21,29-30,33H,2,5,8,12-17,28H2/b11-9+,24-18?,29-21?,30-27?,32-20?. The van der Waals surface area contributed by atoms with Crippen LogP contribution in [-0.4, -0.2) is 69.0 Å². The number of allylic oxidation sites excluding steroid dienone is 5. The number of nitrogens with zero attached hydrogens (tertiary/aromatic N) is 3. The average molecular weight is 490 g/mol. The van der Waals surface area contributed by atoms with Crippen LogP contribution >= 0.6 is 0 Å². The molecule has 1 saturated heterocycles. The largest absolute Gasteiger partial charge is 0.433 e. The number of ether oxygens (including phenoxy) is 2. The molecule has 0 unspecified atom stereocenters. The fourth-order valence-electron chi connectivity index (χ4n) is 3.77. The van der Waals surface area contributed by atoms with E-state index in [1.54, 1.807) is 12.4 Å². The highest BCUT2D eigenvalue weighted by Gasteiger charge is 2.10.